The van der Waals surface area contributed by atoms with Gasteiger partial charge < -0.3 is 5.32 Å². The third-order valence-electron chi connectivity index (χ3n) is 3.03. The van der Waals surface area contributed by atoms with Crippen molar-refractivity contribution in [2.45, 2.75) is 5.75 Å². The maximum absolute atomic E-state index is 13.6. The molecule has 0 atom stereocenters. The number of amides is 1. The molecule has 0 aromatic heterocycles. The van der Waals surface area contributed by atoms with E-state index in [1.54, 1.807) is 30.3 Å². The monoisotopic (exact) mass is 391 g/mol. The second-order valence-corrected chi connectivity index (χ2v) is 6.93. The smallest absolute Gasteiger partial charge is 0.254 e. The minimum atomic E-state index is -0.329. The fraction of sp³-hybridized carbons (Fsp3) is 0.188. The van der Waals surface area contributed by atoms with Crippen molar-refractivity contribution < 1.29 is 9.18 Å². The molecule has 0 aliphatic rings. The minimum absolute atomic E-state index is 0.262. The van der Waals surface area contributed by atoms with Crippen molar-refractivity contribution in [1.29, 1.82) is 0 Å². The van der Waals surface area contributed by atoms with Crippen LogP contribution in [0.15, 0.2) is 36.4 Å². The molecule has 122 valence electrons. The van der Waals surface area contributed by atoms with Gasteiger partial charge in [-0.3, -0.25) is 4.79 Å². The van der Waals surface area contributed by atoms with E-state index in [9.17, 15) is 9.18 Å². The van der Waals surface area contributed by atoms with Gasteiger partial charge in [0.25, 0.3) is 5.91 Å². The van der Waals surface area contributed by atoms with Gasteiger partial charge in [0.05, 0.1) is 15.6 Å². The summed E-state index contributed by atoms with van der Waals surface area (Å²) in [5, 5.41) is 3.76. The van der Waals surface area contributed by atoms with E-state index in [-0.39, 0.29) is 17.3 Å². The summed E-state index contributed by atoms with van der Waals surface area (Å²) in [5.41, 5.74) is 0.734. The molecular weight excluding hydrogens is 380 g/mol. The quantitative estimate of drug-likeness (QED) is 0.662. The molecule has 23 heavy (non-hydrogen) atoms. The fourth-order valence-electron chi connectivity index (χ4n) is 1.88. The Bertz CT molecular complexity index is 671. The number of benzene rings is 2. The average molecular weight is 393 g/mol. The van der Waals surface area contributed by atoms with Crippen molar-refractivity contribution in [3.63, 3.8) is 0 Å². The van der Waals surface area contributed by atoms with E-state index < -0.39 is 0 Å². The molecule has 0 aliphatic heterocycles. The molecular formula is C16H13Cl3FNOS. The Labute approximate surface area is 153 Å². The van der Waals surface area contributed by atoms with Gasteiger partial charge in [0.2, 0.25) is 0 Å². The largest absolute Gasteiger partial charge is 0.351 e. The summed E-state index contributed by atoms with van der Waals surface area (Å²) in [7, 11) is 0. The van der Waals surface area contributed by atoms with Crippen LogP contribution in [0, 0.1) is 5.82 Å². The molecule has 2 nitrogen and oxygen atoms in total. The first-order valence-corrected chi connectivity index (χ1v) is 9.02. The van der Waals surface area contributed by atoms with E-state index in [2.05, 4.69) is 5.32 Å². The molecule has 7 heteroatoms. The first kappa shape index (κ1) is 18.4. The third kappa shape index (κ3) is 5.01. The number of hydrogen-bond acceptors (Lipinski definition) is 2. The molecule has 0 aliphatic carbocycles. The summed E-state index contributed by atoms with van der Waals surface area (Å²) in [4.78, 5) is 12.1. The number of nitrogens with one attached hydrogen (secondary N) is 1. The Kier molecular flexibility index (Phi) is 7.03. The number of hydrogen-bond donors (Lipinski definition) is 1. The summed E-state index contributed by atoms with van der Waals surface area (Å²) in [6, 6.07) is 9.49. The first-order chi connectivity index (χ1) is 11.0. The SMILES string of the molecule is O=C(NCCSCc1c(F)cccc1Cl)c1c(Cl)cccc1Cl. The van der Waals surface area contributed by atoms with E-state index in [4.69, 9.17) is 34.8 Å². The van der Waals surface area contributed by atoms with Gasteiger partial charge in [-0.05, 0) is 24.3 Å². The van der Waals surface area contributed by atoms with Gasteiger partial charge in [-0.1, -0.05) is 46.9 Å². The van der Waals surface area contributed by atoms with Crippen molar-refractivity contribution in [3.8, 4) is 0 Å². The number of rotatable bonds is 6. The molecule has 0 unspecified atom stereocenters. The molecule has 0 heterocycles. The Morgan fingerprint density at radius 3 is 2.30 bits per heavy atom. The summed E-state index contributed by atoms with van der Waals surface area (Å²) < 4.78 is 13.6. The number of carbonyl (C=O) groups excluding carboxylic acids is 1. The highest BCUT2D eigenvalue weighted by Gasteiger charge is 2.13. The first-order valence-electron chi connectivity index (χ1n) is 6.73. The molecule has 1 amide bonds. The minimum Gasteiger partial charge on any atom is -0.351 e. The fourth-order valence-corrected chi connectivity index (χ4v) is 3.65. The molecule has 1 N–H and O–H groups in total. The zero-order chi connectivity index (χ0) is 16.8. The molecule has 0 bridgehead atoms. The van der Waals surface area contributed by atoms with Gasteiger partial charge in [0, 0.05) is 28.6 Å². The van der Waals surface area contributed by atoms with Crippen molar-refractivity contribution >= 4 is 52.5 Å². The van der Waals surface area contributed by atoms with Crippen LogP contribution in [0.1, 0.15) is 15.9 Å². The summed E-state index contributed by atoms with van der Waals surface area (Å²) in [6.45, 7) is 0.414. The topological polar surface area (TPSA) is 29.1 Å². The average Bonchev–Trinajstić information content (AvgIpc) is 2.49. The van der Waals surface area contributed by atoms with Crippen molar-refractivity contribution in [2.75, 3.05) is 12.3 Å². The Morgan fingerprint density at radius 1 is 1.04 bits per heavy atom. The second-order valence-electron chi connectivity index (χ2n) is 4.61. The lowest BCUT2D eigenvalue weighted by Crippen LogP contribution is -2.26. The zero-order valence-corrected chi connectivity index (χ0v) is 15.0. The Balaban J connectivity index is 1.81. The number of thioether (sulfide) groups is 1. The van der Waals surface area contributed by atoms with Crippen LogP contribution in [-0.4, -0.2) is 18.2 Å². The predicted molar refractivity (Wildman–Crippen MR) is 96.4 cm³/mol. The normalized spacial score (nSPS) is 10.6. The van der Waals surface area contributed by atoms with Crippen LogP contribution in [0.5, 0.6) is 0 Å². The maximum Gasteiger partial charge on any atom is 0.254 e. The second kappa shape index (κ2) is 8.78. The predicted octanol–water partition coefficient (Wildman–Crippen LogP) is 5.45. The van der Waals surface area contributed by atoms with Gasteiger partial charge >= 0.3 is 0 Å². The Morgan fingerprint density at radius 2 is 1.65 bits per heavy atom. The van der Waals surface area contributed by atoms with Gasteiger partial charge in [0.1, 0.15) is 5.82 Å². The van der Waals surface area contributed by atoms with E-state index in [1.807, 2.05) is 0 Å². The van der Waals surface area contributed by atoms with E-state index in [1.165, 1.54) is 17.8 Å². The maximum atomic E-state index is 13.6. The van der Waals surface area contributed by atoms with Gasteiger partial charge in [-0.15, -0.1) is 0 Å². The van der Waals surface area contributed by atoms with Crippen molar-refractivity contribution in [1.82, 2.24) is 5.32 Å². The van der Waals surface area contributed by atoms with Gasteiger partial charge in [0.15, 0.2) is 0 Å². The van der Waals surface area contributed by atoms with Crippen LogP contribution in [0.4, 0.5) is 4.39 Å². The molecule has 0 radical (unpaired) electrons. The molecule has 2 rings (SSSR count). The lowest BCUT2D eigenvalue weighted by molar-refractivity contribution is 0.0956. The molecule has 2 aromatic carbocycles. The third-order valence-corrected chi connectivity index (χ3v) is 5.00. The highest BCUT2D eigenvalue weighted by atomic mass is 35.5. The highest BCUT2D eigenvalue weighted by molar-refractivity contribution is 7.98. The van der Waals surface area contributed by atoms with E-state index >= 15 is 0 Å². The van der Waals surface area contributed by atoms with Crippen LogP contribution in [0.25, 0.3) is 0 Å². The van der Waals surface area contributed by atoms with Crippen molar-refractivity contribution in [2.24, 2.45) is 0 Å². The summed E-state index contributed by atoms with van der Waals surface area (Å²) in [5.74, 6) is 0.397. The molecule has 2 aromatic rings. The zero-order valence-electron chi connectivity index (χ0n) is 11.9. The lowest BCUT2D eigenvalue weighted by atomic mass is 10.2. The van der Waals surface area contributed by atoms with Gasteiger partial charge in [-0.25, -0.2) is 4.39 Å². The Hall–Kier alpha value is -0.940. The lowest BCUT2D eigenvalue weighted by Gasteiger charge is -2.09. The van der Waals surface area contributed by atoms with E-state index in [0.717, 1.165) is 0 Å². The molecule has 0 saturated heterocycles. The van der Waals surface area contributed by atoms with Crippen LogP contribution in [0.3, 0.4) is 0 Å². The molecule has 0 spiro atoms. The highest BCUT2D eigenvalue weighted by Crippen LogP contribution is 2.25. The number of carbonyl (C=O) groups is 1. The number of halogens is 4. The van der Waals surface area contributed by atoms with E-state index in [0.29, 0.717) is 38.7 Å². The van der Waals surface area contributed by atoms with Gasteiger partial charge in [-0.2, -0.15) is 11.8 Å². The van der Waals surface area contributed by atoms with Crippen LogP contribution >= 0.6 is 46.6 Å². The summed E-state index contributed by atoms with van der Waals surface area (Å²) in [6.07, 6.45) is 0. The van der Waals surface area contributed by atoms with Crippen LogP contribution in [-0.2, 0) is 5.75 Å². The standard InChI is InChI=1S/C16H13Cl3FNOS/c17-11-3-2-6-14(20)10(11)9-23-8-7-21-16(22)15-12(18)4-1-5-13(15)19/h1-6H,7-9H2,(H,21,22). The van der Waals surface area contributed by atoms with Crippen LogP contribution < -0.4 is 5.32 Å². The summed E-state index contributed by atoms with van der Waals surface area (Å²) >= 11 is 19.4. The molecule has 0 saturated carbocycles. The molecule has 0 fully saturated rings. The van der Waals surface area contributed by atoms with Crippen LogP contribution in [0.2, 0.25) is 15.1 Å². The van der Waals surface area contributed by atoms with Crippen molar-refractivity contribution in [3.05, 3.63) is 68.4 Å².